The van der Waals surface area contributed by atoms with Crippen molar-refractivity contribution in [2.75, 3.05) is 0 Å². The minimum atomic E-state index is -0.887. The Morgan fingerprint density at radius 2 is 1.30 bits per heavy atom. The molecule has 0 unspecified atom stereocenters. The van der Waals surface area contributed by atoms with Gasteiger partial charge in [-0.2, -0.15) is 0 Å². The van der Waals surface area contributed by atoms with Crippen LogP contribution in [0.1, 0.15) is 0 Å². The van der Waals surface area contributed by atoms with Gasteiger partial charge < -0.3 is 20.4 Å². The van der Waals surface area contributed by atoms with Crippen LogP contribution in [0.5, 0.6) is 23.0 Å². The summed E-state index contributed by atoms with van der Waals surface area (Å²) in [4.78, 5) is 10.0. The molecule has 0 radical (unpaired) electrons. The number of nitrogens with zero attached hydrogens (tertiary/aromatic N) is 3. The summed E-state index contributed by atoms with van der Waals surface area (Å²) in [7, 11) is 0. The van der Waals surface area contributed by atoms with Crippen molar-refractivity contribution in [2.24, 2.45) is 10.2 Å². The maximum atomic E-state index is 10.9. The minimum Gasteiger partial charge on any atom is -0.505 e. The van der Waals surface area contributed by atoms with Gasteiger partial charge in [-0.1, -0.05) is 30.3 Å². The highest BCUT2D eigenvalue weighted by Gasteiger charge is 2.21. The molecule has 0 aliphatic carbocycles. The van der Waals surface area contributed by atoms with Crippen molar-refractivity contribution in [2.45, 2.75) is 0 Å². The van der Waals surface area contributed by atoms with Gasteiger partial charge in [0.25, 0.3) is 0 Å². The fourth-order valence-electron chi connectivity index (χ4n) is 2.42. The third-order valence-corrected chi connectivity index (χ3v) is 3.77. The molecule has 9 nitrogen and oxygen atoms in total. The molecule has 9 heteroatoms. The number of phenolic OH excluding ortho intramolecular Hbond substituents is 4. The normalized spacial score (nSPS) is 11.0. The Labute approximate surface area is 152 Å². The van der Waals surface area contributed by atoms with Gasteiger partial charge in [0, 0.05) is 11.6 Å². The molecule has 0 bridgehead atoms. The Balaban J connectivity index is 2.09. The number of hydrogen-bond donors (Lipinski definition) is 4. The molecule has 0 aliphatic heterocycles. The Bertz CT molecular complexity index is 1050. The van der Waals surface area contributed by atoms with Crippen LogP contribution in [0.4, 0.5) is 17.1 Å². The molecule has 0 amide bonds. The van der Waals surface area contributed by atoms with E-state index in [1.165, 1.54) is 12.1 Å². The topological polar surface area (TPSA) is 149 Å². The molecule has 0 spiro atoms. The van der Waals surface area contributed by atoms with Crippen LogP contribution in [0.3, 0.4) is 0 Å². The van der Waals surface area contributed by atoms with E-state index in [9.17, 15) is 30.5 Å². The molecular weight excluding hydrogens is 354 g/mol. The molecule has 4 N–H and O–H groups in total. The van der Waals surface area contributed by atoms with Crippen LogP contribution in [-0.4, -0.2) is 25.3 Å². The molecule has 0 heterocycles. The van der Waals surface area contributed by atoms with Gasteiger partial charge in [-0.3, -0.25) is 10.1 Å². The lowest BCUT2D eigenvalue weighted by Crippen LogP contribution is -1.88. The highest BCUT2D eigenvalue weighted by Crippen LogP contribution is 2.46. The lowest BCUT2D eigenvalue weighted by Gasteiger charge is -2.08. The maximum Gasteiger partial charge on any atom is 0.313 e. The number of benzene rings is 3. The van der Waals surface area contributed by atoms with Crippen molar-refractivity contribution < 1.29 is 25.3 Å². The molecule has 136 valence electrons. The first-order valence-corrected chi connectivity index (χ1v) is 7.61. The van der Waals surface area contributed by atoms with Gasteiger partial charge in [0.2, 0.25) is 5.75 Å². The van der Waals surface area contributed by atoms with Gasteiger partial charge in [-0.15, -0.1) is 10.2 Å². The first-order chi connectivity index (χ1) is 12.9. The average Bonchev–Trinajstić information content (AvgIpc) is 2.64. The smallest absolute Gasteiger partial charge is 0.313 e. The van der Waals surface area contributed by atoms with Crippen LogP contribution in [0.25, 0.3) is 11.1 Å². The Hall–Kier alpha value is -4.14. The number of azo groups is 1. The summed E-state index contributed by atoms with van der Waals surface area (Å²) in [5.41, 5.74) is -0.523. The van der Waals surface area contributed by atoms with Crippen LogP contribution in [0, 0.1) is 10.1 Å². The first kappa shape index (κ1) is 17.7. The Morgan fingerprint density at radius 3 is 1.89 bits per heavy atom. The fourth-order valence-corrected chi connectivity index (χ4v) is 2.42. The van der Waals surface area contributed by atoms with E-state index < -0.39 is 33.5 Å². The van der Waals surface area contributed by atoms with E-state index in [0.29, 0.717) is 11.1 Å². The second kappa shape index (κ2) is 7.00. The van der Waals surface area contributed by atoms with Crippen LogP contribution in [0.2, 0.25) is 0 Å². The SMILES string of the molecule is O=[N+]([O-])c1ccc(O)c(N=Nc2c(O)ccc(-c3ccccc3)c2O)c1O. The van der Waals surface area contributed by atoms with Gasteiger partial charge in [0.1, 0.15) is 11.5 Å². The summed E-state index contributed by atoms with van der Waals surface area (Å²) in [5.74, 6) is -2.23. The summed E-state index contributed by atoms with van der Waals surface area (Å²) >= 11 is 0. The van der Waals surface area contributed by atoms with E-state index in [4.69, 9.17) is 0 Å². The van der Waals surface area contributed by atoms with Gasteiger partial charge in [-0.05, 0) is 23.8 Å². The predicted molar refractivity (Wildman–Crippen MR) is 95.8 cm³/mol. The third kappa shape index (κ3) is 3.33. The van der Waals surface area contributed by atoms with Gasteiger partial charge in [-0.25, -0.2) is 0 Å². The van der Waals surface area contributed by atoms with Crippen molar-refractivity contribution >= 4 is 17.1 Å². The van der Waals surface area contributed by atoms with Crippen LogP contribution in [0.15, 0.2) is 64.8 Å². The lowest BCUT2D eigenvalue weighted by atomic mass is 10.0. The van der Waals surface area contributed by atoms with Crippen molar-refractivity contribution in [1.82, 2.24) is 0 Å². The third-order valence-electron chi connectivity index (χ3n) is 3.77. The molecule has 3 aromatic carbocycles. The van der Waals surface area contributed by atoms with Crippen LogP contribution < -0.4 is 0 Å². The maximum absolute atomic E-state index is 10.9. The molecule has 3 rings (SSSR count). The van der Waals surface area contributed by atoms with E-state index in [1.54, 1.807) is 30.3 Å². The molecule has 0 fully saturated rings. The molecule has 27 heavy (non-hydrogen) atoms. The quantitative estimate of drug-likeness (QED) is 0.303. The zero-order chi connectivity index (χ0) is 19.6. The van der Waals surface area contributed by atoms with E-state index in [1.807, 2.05) is 0 Å². The highest BCUT2D eigenvalue weighted by molar-refractivity contribution is 5.79. The number of aromatic hydroxyl groups is 4. The summed E-state index contributed by atoms with van der Waals surface area (Å²) in [5, 5.41) is 58.2. The van der Waals surface area contributed by atoms with E-state index >= 15 is 0 Å². The number of hydrogen-bond acceptors (Lipinski definition) is 8. The second-order valence-corrected chi connectivity index (χ2v) is 5.45. The van der Waals surface area contributed by atoms with E-state index in [0.717, 1.165) is 12.1 Å². The number of phenols is 4. The molecular formula is C18H13N3O6. The summed E-state index contributed by atoms with van der Waals surface area (Å²) in [6, 6.07) is 13.5. The van der Waals surface area contributed by atoms with Crippen LogP contribution in [-0.2, 0) is 0 Å². The number of nitro groups is 1. The second-order valence-electron chi connectivity index (χ2n) is 5.45. The molecule has 0 saturated heterocycles. The van der Waals surface area contributed by atoms with Crippen molar-refractivity contribution in [3.63, 3.8) is 0 Å². The summed E-state index contributed by atoms with van der Waals surface area (Å²) in [6.07, 6.45) is 0. The van der Waals surface area contributed by atoms with E-state index in [2.05, 4.69) is 10.2 Å². The van der Waals surface area contributed by atoms with Crippen molar-refractivity contribution in [1.29, 1.82) is 0 Å². The largest absolute Gasteiger partial charge is 0.505 e. The Kier molecular flexibility index (Phi) is 4.58. The highest BCUT2D eigenvalue weighted by atomic mass is 16.6. The zero-order valence-corrected chi connectivity index (χ0v) is 13.6. The van der Waals surface area contributed by atoms with Crippen LogP contribution >= 0.6 is 0 Å². The summed E-state index contributed by atoms with van der Waals surface area (Å²) < 4.78 is 0. The zero-order valence-electron chi connectivity index (χ0n) is 13.6. The number of nitro benzene ring substituents is 1. The fraction of sp³-hybridized carbons (Fsp3) is 0. The predicted octanol–water partition coefficient (Wildman–Crippen LogP) is 4.50. The average molecular weight is 367 g/mol. The molecule has 0 aromatic heterocycles. The monoisotopic (exact) mass is 367 g/mol. The number of rotatable bonds is 4. The molecule has 3 aromatic rings. The van der Waals surface area contributed by atoms with Crippen molar-refractivity contribution in [3.8, 4) is 34.1 Å². The van der Waals surface area contributed by atoms with Gasteiger partial charge >= 0.3 is 5.69 Å². The molecule has 0 atom stereocenters. The standard InChI is InChI=1S/C18H13N3O6/c22-13-8-6-11(10-4-2-1-3-5-10)17(24)15(13)19-20-16-14(23)9-7-12(18(16)25)21(26)27/h1-9,22-25H. The Morgan fingerprint density at radius 1 is 0.741 bits per heavy atom. The van der Waals surface area contributed by atoms with Crippen molar-refractivity contribution in [3.05, 3.63) is 64.7 Å². The summed E-state index contributed by atoms with van der Waals surface area (Å²) in [6.45, 7) is 0. The lowest BCUT2D eigenvalue weighted by molar-refractivity contribution is -0.385. The minimum absolute atomic E-state index is 0.318. The van der Waals surface area contributed by atoms with E-state index in [-0.39, 0.29) is 11.4 Å². The molecule has 0 saturated carbocycles. The first-order valence-electron chi connectivity index (χ1n) is 7.61. The van der Waals surface area contributed by atoms with Gasteiger partial charge in [0.15, 0.2) is 17.1 Å². The molecule has 0 aliphatic rings. The van der Waals surface area contributed by atoms with Gasteiger partial charge in [0.05, 0.1) is 4.92 Å².